The van der Waals surface area contributed by atoms with Crippen LogP contribution in [0.2, 0.25) is 0 Å². The SMILES string of the molecule is CS(=O)(=O)CCC(=O)N1CCCC1C(=O)N1CCOCC1. The Morgan fingerprint density at radius 2 is 1.86 bits per heavy atom. The second-order valence-corrected chi connectivity index (χ2v) is 7.82. The minimum atomic E-state index is -3.17. The summed E-state index contributed by atoms with van der Waals surface area (Å²) in [5, 5.41) is 0. The van der Waals surface area contributed by atoms with Crippen LogP contribution in [0.15, 0.2) is 0 Å². The summed E-state index contributed by atoms with van der Waals surface area (Å²) in [4.78, 5) is 27.9. The molecule has 2 rings (SSSR count). The van der Waals surface area contributed by atoms with Crippen molar-refractivity contribution in [3.8, 4) is 0 Å². The summed E-state index contributed by atoms with van der Waals surface area (Å²) in [5.74, 6) is -0.450. The Balaban J connectivity index is 1.95. The summed E-state index contributed by atoms with van der Waals surface area (Å²) in [6.45, 7) is 2.70. The molecule has 21 heavy (non-hydrogen) atoms. The zero-order valence-corrected chi connectivity index (χ0v) is 13.1. The molecule has 0 N–H and O–H groups in total. The topological polar surface area (TPSA) is 84.0 Å². The van der Waals surface area contributed by atoms with Gasteiger partial charge < -0.3 is 14.5 Å². The van der Waals surface area contributed by atoms with Gasteiger partial charge in [-0.1, -0.05) is 0 Å². The molecule has 2 aliphatic rings. The van der Waals surface area contributed by atoms with Gasteiger partial charge in [-0.3, -0.25) is 9.59 Å². The summed E-state index contributed by atoms with van der Waals surface area (Å²) in [6.07, 6.45) is 2.50. The molecule has 7 nitrogen and oxygen atoms in total. The molecule has 120 valence electrons. The van der Waals surface area contributed by atoms with Gasteiger partial charge in [-0.05, 0) is 12.8 Å². The van der Waals surface area contributed by atoms with E-state index in [1.165, 1.54) is 0 Å². The highest BCUT2D eigenvalue weighted by Crippen LogP contribution is 2.21. The summed E-state index contributed by atoms with van der Waals surface area (Å²) in [5.41, 5.74) is 0. The predicted molar refractivity (Wildman–Crippen MR) is 76.5 cm³/mol. The van der Waals surface area contributed by atoms with Crippen molar-refractivity contribution in [1.29, 1.82) is 0 Å². The molecule has 0 radical (unpaired) electrons. The van der Waals surface area contributed by atoms with Crippen LogP contribution in [0.4, 0.5) is 0 Å². The van der Waals surface area contributed by atoms with Gasteiger partial charge in [0.15, 0.2) is 0 Å². The molecule has 0 aliphatic carbocycles. The number of likely N-dealkylation sites (tertiary alicyclic amines) is 1. The lowest BCUT2D eigenvalue weighted by Crippen LogP contribution is -2.51. The van der Waals surface area contributed by atoms with E-state index < -0.39 is 15.9 Å². The molecule has 2 heterocycles. The van der Waals surface area contributed by atoms with Crippen LogP contribution in [-0.4, -0.2) is 80.9 Å². The Morgan fingerprint density at radius 3 is 2.48 bits per heavy atom. The summed E-state index contributed by atoms with van der Waals surface area (Å²) < 4.78 is 27.5. The van der Waals surface area contributed by atoms with E-state index in [9.17, 15) is 18.0 Å². The van der Waals surface area contributed by atoms with Crippen LogP contribution >= 0.6 is 0 Å². The first-order chi connectivity index (χ1) is 9.88. The average molecular weight is 318 g/mol. The van der Waals surface area contributed by atoms with Crippen molar-refractivity contribution in [3.05, 3.63) is 0 Å². The van der Waals surface area contributed by atoms with Gasteiger partial charge in [-0.25, -0.2) is 8.42 Å². The Hall–Kier alpha value is -1.15. The Labute approximate surface area is 125 Å². The van der Waals surface area contributed by atoms with Crippen molar-refractivity contribution < 1.29 is 22.7 Å². The van der Waals surface area contributed by atoms with Gasteiger partial charge in [0.05, 0.1) is 19.0 Å². The molecule has 2 amide bonds. The third-order valence-corrected chi connectivity index (χ3v) is 4.81. The van der Waals surface area contributed by atoms with Gasteiger partial charge >= 0.3 is 0 Å². The lowest BCUT2D eigenvalue weighted by molar-refractivity contribution is -0.146. The normalized spacial score (nSPS) is 23.4. The number of amides is 2. The first-order valence-corrected chi connectivity index (χ1v) is 9.28. The predicted octanol–water partition coefficient (Wildman–Crippen LogP) is -0.729. The van der Waals surface area contributed by atoms with Crippen LogP contribution < -0.4 is 0 Å². The number of carbonyl (C=O) groups is 2. The average Bonchev–Trinajstić information content (AvgIpc) is 2.93. The number of ether oxygens (including phenoxy) is 1. The molecule has 0 aromatic rings. The van der Waals surface area contributed by atoms with E-state index >= 15 is 0 Å². The number of nitrogens with zero attached hydrogens (tertiary/aromatic N) is 2. The minimum Gasteiger partial charge on any atom is -0.378 e. The number of hydrogen-bond acceptors (Lipinski definition) is 5. The quantitative estimate of drug-likeness (QED) is 0.682. The van der Waals surface area contributed by atoms with Crippen LogP contribution in [-0.2, 0) is 24.2 Å². The number of carbonyl (C=O) groups excluding carboxylic acids is 2. The fourth-order valence-electron chi connectivity index (χ4n) is 2.73. The van der Waals surface area contributed by atoms with Crippen LogP contribution in [0.5, 0.6) is 0 Å². The Bertz CT molecular complexity index is 499. The van der Waals surface area contributed by atoms with E-state index in [1.54, 1.807) is 9.80 Å². The molecular formula is C13H22N2O5S. The maximum absolute atomic E-state index is 12.5. The summed E-state index contributed by atoms with van der Waals surface area (Å²) >= 11 is 0. The Morgan fingerprint density at radius 1 is 1.19 bits per heavy atom. The van der Waals surface area contributed by atoms with Gasteiger partial charge in [0.25, 0.3) is 0 Å². The van der Waals surface area contributed by atoms with E-state index in [0.717, 1.165) is 12.7 Å². The molecule has 0 aromatic carbocycles. The van der Waals surface area contributed by atoms with Crippen LogP contribution in [0.3, 0.4) is 0 Å². The number of morpholine rings is 1. The van der Waals surface area contributed by atoms with Crippen LogP contribution in [0.25, 0.3) is 0 Å². The van der Waals surface area contributed by atoms with Gasteiger partial charge in [-0.15, -0.1) is 0 Å². The van der Waals surface area contributed by atoms with Crippen molar-refractivity contribution in [2.75, 3.05) is 44.9 Å². The van der Waals surface area contributed by atoms with Crippen molar-refractivity contribution in [2.45, 2.75) is 25.3 Å². The van der Waals surface area contributed by atoms with E-state index in [2.05, 4.69) is 0 Å². The van der Waals surface area contributed by atoms with Gasteiger partial charge in [0.2, 0.25) is 11.8 Å². The van der Waals surface area contributed by atoms with E-state index in [0.29, 0.717) is 39.3 Å². The molecular weight excluding hydrogens is 296 g/mol. The highest BCUT2D eigenvalue weighted by Gasteiger charge is 2.36. The standard InChI is InChI=1S/C13H22N2O5S/c1-21(18,19)10-4-12(16)15-5-2-3-11(15)13(17)14-6-8-20-9-7-14/h11H,2-10H2,1H3. The molecule has 0 aromatic heterocycles. The smallest absolute Gasteiger partial charge is 0.245 e. The van der Waals surface area contributed by atoms with E-state index in [1.807, 2.05) is 0 Å². The van der Waals surface area contributed by atoms with Gasteiger partial charge in [0, 0.05) is 32.3 Å². The molecule has 2 saturated heterocycles. The fraction of sp³-hybridized carbons (Fsp3) is 0.846. The highest BCUT2D eigenvalue weighted by molar-refractivity contribution is 7.90. The van der Waals surface area contributed by atoms with Crippen LogP contribution in [0.1, 0.15) is 19.3 Å². The molecule has 2 fully saturated rings. The molecule has 1 atom stereocenters. The Kier molecular flexibility index (Phi) is 5.21. The van der Waals surface area contributed by atoms with Crippen LogP contribution in [0, 0.1) is 0 Å². The van der Waals surface area contributed by atoms with Crippen molar-refractivity contribution >= 4 is 21.7 Å². The van der Waals surface area contributed by atoms with E-state index in [-0.39, 0.29) is 24.0 Å². The number of sulfone groups is 1. The summed E-state index contributed by atoms with van der Waals surface area (Å²) in [7, 11) is -3.17. The van der Waals surface area contributed by atoms with Gasteiger partial charge in [-0.2, -0.15) is 0 Å². The van der Waals surface area contributed by atoms with Gasteiger partial charge in [0.1, 0.15) is 15.9 Å². The second kappa shape index (κ2) is 6.74. The number of hydrogen-bond donors (Lipinski definition) is 0. The first-order valence-electron chi connectivity index (χ1n) is 7.22. The number of rotatable bonds is 4. The lowest BCUT2D eigenvalue weighted by Gasteiger charge is -2.32. The maximum atomic E-state index is 12.5. The largest absolute Gasteiger partial charge is 0.378 e. The minimum absolute atomic E-state index is 0.0384. The fourth-order valence-corrected chi connectivity index (χ4v) is 3.28. The molecule has 0 saturated carbocycles. The zero-order valence-electron chi connectivity index (χ0n) is 12.3. The van der Waals surface area contributed by atoms with Crippen molar-refractivity contribution in [3.63, 3.8) is 0 Å². The maximum Gasteiger partial charge on any atom is 0.245 e. The third-order valence-electron chi connectivity index (χ3n) is 3.87. The third kappa shape index (κ3) is 4.41. The van der Waals surface area contributed by atoms with Crippen molar-refractivity contribution in [1.82, 2.24) is 9.80 Å². The monoisotopic (exact) mass is 318 g/mol. The van der Waals surface area contributed by atoms with Crippen molar-refractivity contribution in [2.24, 2.45) is 0 Å². The zero-order chi connectivity index (χ0) is 15.5. The summed E-state index contributed by atoms with van der Waals surface area (Å²) in [6, 6.07) is -0.435. The molecule has 0 spiro atoms. The highest BCUT2D eigenvalue weighted by atomic mass is 32.2. The molecule has 8 heteroatoms. The molecule has 1 unspecified atom stereocenters. The lowest BCUT2D eigenvalue weighted by atomic mass is 10.1. The van der Waals surface area contributed by atoms with E-state index in [4.69, 9.17) is 4.74 Å². The molecule has 0 bridgehead atoms. The first kappa shape index (κ1) is 16.2. The second-order valence-electron chi connectivity index (χ2n) is 5.56. The molecule has 2 aliphatic heterocycles.